The number of Topliss-reactive ketones (excluding diaryl/α,β-unsaturated/α-hetero) is 1. The Morgan fingerprint density at radius 2 is 2.00 bits per heavy atom. The number of ether oxygens (including phenoxy) is 1. The molecule has 2 N–H and O–H groups in total. The third-order valence-corrected chi connectivity index (χ3v) is 2.41. The lowest BCUT2D eigenvalue weighted by molar-refractivity contribution is 0.0858. The van der Waals surface area contributed by atoms with Crippen molar-refractivity contribution in [3.8, 4) is 5.75 Å². The minimum Gasteiger partial charge on any atom is -0.491 e. The summed E-state index contributed by atoms with van der Waals surface area (Å²) in [4.78, 5) is 12.0. The van der Waals surface area contributed by atoms with Gasteiger partial charge in [-0.2, -0.15) is 0 Å². The number of hydrogen-bond donors (Lipinski definition) is 1. The second-order valence-electron chi connectivity index (χ2n) is 5.18. The Morgan fingerprint density at radius 3 is 2.47 bits per heavy atom. The number of benzene rings is 1. The summed E-state index contributed by atoms with van der Waals surface area (Å²) in [6.07, 6.45) is 0.933. The lowest BCUT2D eigenvalue weighted by Gasteiger charge is -2.17. The number of hydrogen-bond acceptors (Lipinski definition) is 3. The van der Waals surface area contributed by atoms with Crippen LogP contribution in [0.15, 0.2) is 18.2 Å². The van der Waals surface area contributed by atoms with E-state index in [0.717, 1.165) is 6.42 Å². The van der Waals surface area contributed by atoms with E-state index in [1.807, 2.05) is 27.7 Å². The van der Waals surface area contributed by atoms with Crippen molar-refractivity contribution in [2.24, 2.45) is 5.41 Å². The lowest BCUT2D eigenvalue weighted by atomic mass is 9.86. The molecule has 0 atom stereocenters. The summed E-state index contributed by atoms with van der Waals surface area (Å²) in [5.41, 5.74) is 6.63. The molecule has 0 saturated heterocycles. The summed E-state index contributed by atoms with van der Waals surface area (Å²) in [7, 11) is 0. The normalized spacial score (nSPS) is 11.3. The molecule has 0 amide bonds. The van der Waals surface area contributed by atoms with Crippen LogP contribution in [0.2, 0.25) is 0 Å². The molecule has 0 aliphatic carbocycles. The zero-order valence-corrected chi connectivity index (χ0v) is 11.0. The first-order valence-corrected chi connectivity index (χ1v) is 5.93. The molecule has 94 valence electrons. The highest BCUT2D eigenvalue weighted by Gasteiger charge is 2.23. The van der Waals surface area contributed by atoms with Gasteiger partial charge in [-0.25, -0.2) is 0 Å². The highest BCUT2D eigenvalue weighted by Crippen LogP contribution is 2.27. The van der Waals surface area contributed by atoms with Gasteiger partial charge in [-0.3, -0.25) is 4.79 Å². The molecule has 0 unspecified atom stereocenters. The largest absolute Gasteiger partial charge is 0.491 e. The number of carbonyl (C=O) groups excluding carboxylic acids is 1. The Labute approximate surface area is 103 Å². The van der Waals surface area contributed by atoms with E-state index in [2.05, 4.69) is 0 Å². The molecule has 0 radical (unpaired) electrons. The molecule has 17 heavy (non-hydrogen) atoms. The van der Waals surface area contributed by atoms with E-state index in [1.165, 1.54) is 0 Å². The van der Waals surface area contributed by atoms with Gasteiger partial charge in [0.25, 0.3) is 0 Å². The summed E-state index contributed by atoms with van der Waals surface area (Å²) in [5.74, 6) is 0.739. The van der Waals surface area contributed by atoms with Crippen molar-refractivity contribution < 1.29 is 9.53 Å². The van der Waals surface area contributed by atoms with Crippen LogP contribution >= 0.6 is 0 Å². The van der Waals surface area contributed by atoms with Gasteiger partial charge in [0.2, 0.25) is 0 Å². The van der Waals surface area contributed by atoms with Gasteiger partial charge < -0.3 is 10.5 Å². The van der Waals surface area contributed by atoms with E-state index in [0.29, 0.717) is 23.6 Å². The fraction of sp³-hybridized carbons (Fsp3) is 0.500. The monoisotopic (exact) mass is 235 g/mol. The topological polar surface area (TPSA) is 52.3 Å². The Hall–Kier alpha value is -1.51. The molecule has 0 heterocycles. The van der Waals surface area contributed by atoms with Gasteiger partial charge in [0, 0.05) is 11.0 Å². The summed E-state index contributed by atoms with van der Waals surface area (Å²) >= 11 is 0. The maximum atomic E-state index is 12.0. The first kappa shape index (κ1) is 13.6. The SMILES string of the molecule is CCCOc1ccc(C(=O)C(C)(C)C)cc1N. The van der Waals surface area contributed by atoms with Crippen molar-refractivity contribution in [1.82, 2.24) is 0 Å². The third-order valence-electron chi connectivity index (χ3n) is 2.41. The standard InChI is InChI=1S/C14H21NO2/c1-5-8-17-12-7-6-10(9-11(12)15)13(16)14(2,3)4/h6-7,9H,5,8,15H2,1-4H3. The number of ketones is 1. The number of nitrogens with two attached hydrogens (primary N) is 1. The van der Waals surface area contributed by atoms with Crippen molar-refractivity contribution in [1.29, 1.82) is 0 Å². The molecule has 0 aliphatic heterocycles. The zero-order valence-electron chi connectivity index (χ0n) is 11.0. The van der Waals surface area contributed by atoms with Crippen molar-refractivity contribution in [2.75, 3.05) is 12.3 Å². The molecule has 3 nitrogen and oxygen atoms in total. The van der Waals surface area contributed by atoms with E-state index < -0.39 is 5.41 Å². The molecule has 3 heteroatoms. The quantitative estimate of drug-likeness (QED) is 0.643. The molecule has 0 spiro atoms. The minimum absolute atomic E-state index is 0.0891. The molecule has 0 saturated carbocycles. The van der Waals surface area contributed by atoms with E-state index in [1.54, 1.807) is 18.2 Å². The molecule has 1 rings (SSSR count). The first-order chi connectivity index (χ1) is 7.86. The second-order valence-corrected chi connectivity index (χ2v) is 5.18. The van der Waals surface area contributed by atoms with Crippen LogP contribution < -0.4 is 10.5 Å². The molecular formula is C14H21NO2. The van der Waals surface area contributed by atoms with Crippen molar-refractivity contribution in [3.63, 3.8) is 0 Å². The van der Waals surface area contributed by atoms with Gasteiger partial charge >= 0.3 is 0 Å². The molecule has 1 aromatic carbocycles. The van der Waals surface area contributed by atoms with Gasteiger partial charge in [-0.1, -0.05) is 27.7 Å². The predicted octanol–water partition coefficient (Wildman–Crippen LogP) is 3.29. The summed E-state index contributed by atoms with van der Waals surface area (Å²) in [6, 6.07) is 5.23. The van der Waals surface area contributed by atoms with E-state index in [9.17, 15) is 4.79 Å². The zero-order chi connectivity index (χ0) is 13.1. The van der Waals surface area contributed by atoms with Gasteiger partial charge in [0.05, 0.1) is 12.3 Å². The first-order valence-electron chi connectivity index (χ1n) is 5.93. The average Bonchev–Trinajstić information content (AvgIpc) is 2.25. The molecule has 1 aromatic rings. The van der Waals surface area contributed by atoms with Crippen LogP contribution in [0.25, 0.3) is 0 Å². The van der Waals surface area contributed by atoms with Crippen LogP contribution in [0, 0.1) is 5.41 Å². The van der Waals surface area contributed by atoms with E-state index >= 15 is 0 Å². The fourth-order valence-corrected chi connectivity index (χ4v) is 1.47. The Balaban J connectivity index is 2.93. The van der Waals surface area contributed by atoms with Gasteiger partial charge in [0.15, 0.2) is 5.78 Å². The van der Waals surface area contributed by atoms with Crippen molar-refractivity contribution in [2.45, 2.75) is 34.1 Å². The van der Waals surface area contributed by atoms with Crippen LogP contribution in [-0.4, -0.2) is 12.4 Å². The highest BCUT2D eigenvalue weighted by atomic mass is 16.5. The van der Waals surface area contributed by atoms with Crippen LogP contribution in [0.1, 0.15) is 44.5 Å². The maximum absolute atomic E-state index is 12.0. The van der Waals surface area contributed by atoms with E-state index in [-0.39, 0.29) is 5.78 Å². The van der Waals surface area contributed by atoms with Crippen molar-refractivity contribution in [3.05, 3.63) is 23.8 Å². The molecule has 0 bridgehead atoms. The molecular weight excluding hydrogens is 214 g/mol. The third kappa shape index (κ3) is 3.48. The number of rotatable bonds is 4. The Bertz CT molecular complexity index is 405. The van der Waals surface area contributed by atoms with Crippen LogP contribution in [-0.2, 0) is 0 Å². The van der Waals surface area contributed by atoms with Gasteiger partial charge in [0.1, 0.15) is 5.75 Å². The molecule has 0 aromatic heterocycles. The lowest BCUT2D eigenvalue weighted by Crippen LogP contribution is -2.20. The number of carbonyl (C=O) groups is 1. The number of anilines is 1. The Morgan fingerprint density at radius 1 is 1.35 bits per heavy atom. The second kappa shape index (κ2) is 5.21. The average molecular weight is 235 g/mol. The Kier molecular flexibility index (Phi) is 4.16. The minimum atomic E-state index is -0.391. The predicted molar refractivity (Wildman–Crippen MR) is 70.4 cm³/mol. The van der Waals surface area contributed by atoms with Crippen LogP contribution in [0.5, 0.6) is 5.75 Å². The van der Waals surface area contributed by atoms with E-state index in [4.69, 9.17) is 10.5 Å². The maximum Gasteiger partial charge on any atom is 0.168 e. The fourth-order valence-electron chi connectivity index (χ4n) is 1.47. The van der Waals surface area contributed by atoms with Gasteiger partial charge in [-0.15, -0.1) is 0 Å². The summed E-state index contributed by atoms with van der Waals surface area (Å²) < 4.78 is 5.47. The summed E-state index contributed by atoms with van der Waals surface area (Å²) in [5, 5.41) is 0. The molecule has 0 fully saturated rings. The van der Waals surface area contributed by atoms with Crippen molar-refractivity contribution >= 4 is 11.5 Å². The van der Waals surface area contributed by atoms with Crippen LogP contribution in [0.3, 0.4) is 0 Å². The van der Waals surface area contributed by atoms with Gasteiger partial charge in [-0.05, 0) is 24.6 Å². The van der Waals surface area contributed by atoms with Crippen LogP contribution in [0.4, 0.5) is 5.69 Å². The highest BCUT2D eigenvalue weighted by molar-refractivity contribution is 6.00. The smallest absolute Gasteiger partial charge is 0.168 e. The molecule has 0 aliphatic rings. The number of nitrogen functional groups attached to an aromatic ring is 1. The summed E-state index contributed by atoms with van der Waals surface area (Å²) in [6.45, 7) is 8.36.